The summed E-state index contributed by atoms with van der Waals surface area (Å²) in [5, 5.41) is 5.09. The highest BCUT2D eigenvalue weighted by atomic mass is 16.5. The van der Waals surface area contributed by atoms with E-state index in [1.165, 1.54) is 12.8 Å². The Morgan fingerprint density at radius 2 is 0.902 bits per heavy atom. The van der Waals surface area contributed by atoms with Crippen molar-refractivity contribution in [3.63, 3.8) is 0 Å². The molecular formula is C44H37N5O2. The molecule has 0 bridgehead atoms. The number of fused-ring (bicyclic) bond motifs is 4. The van der Waals surface area contributed by atoms with E-state index in [-0.39, 0.29) is 0 Å². The largest absolute Gasteiger partial charge is 0.453 e. The van der Waals surface area contributed by atoms with Gasteiger partial charge in [0, 0.05) is 29.0 Å². The van der Waals surface area contributed by atoms with E-state index >= 15 is 0 Å². The van der Waals surface area contributed by atoms with Gasteiger partial charge >= 0.3 is 0 Å². The van der Waals surface area contributed by atoms with Crippen molar-refractivity contribution in [1.29, 1.82) is 0 Å². The van der Waals surface area contributed by atoms with Crippen LogP contribution in [-0.4, -0.2) is 14.8 Å². The Hall–Kier alpha value is -6.34. The van der Waals surface area contributed by atoms with E-state index in [0.717, 1.165) is 99.3 Å². The van der Waals surface area contributed by atoms with Gasteiger partial charge in [-0.3, -0.25) is 0 Å². The van der Waals surface area contributed by atoms with Gasteiger partial charge in [-0.1, -0.05) is 74.7 Å². The molecular weight excluding hydrogens is 631 g/mol. The van der Waals surface area contributed by atoms with Crippen molar-refractivity contribution in [3.05, 3.63) is 146 Å². The Morgan fingerprint density at radius 1 is 0.471 bits per heavy atom. The van der Waals surface area contributed by atoms with E-state index in [0.29, 0.717) is 0 Å². The summed E-state index contributed by atoms with van der Waals surface area (Å²) in [5.41, 5.74) is 8.14. The molecule has 2 aliphatic rings. The molecule has 0 saturated heterocycles. The number of nitrogens with zero attached hydrogens (tertiary/aromatic N) is 5. The summed E-state index contributed by atoms with van der Waals surface area (Å²) in [7, 11) is 0. The van der Waals surface area contributed by atoms with Crippen molar-refractivity contribution < 1.29 is 9.47 Å². The van der Waals surface area contributed by atoms with E-state index < -0.39 is 0 Å². The first-order valence-corrected chi connectivity index (χ1v) is 17.7. The van der Waals surface area contributed by atoms with E-state index in [9.17, 15) is 0 Å². The summed E-state index contributed by atoms with van der Waals surface area (Å²) in [6.45, 7) is 3.05. The van der Waals surface area contributed by atoms with Crippen LogP contribution in [0.3, 0.4) is 0 Å². The molecule has 0 fully saturated rings. The summed E-state index contributed by atoms with van der Waals surface area (Å²) < 4.78 is 14.6. The average molecular weight is 668 g/mol. The van der Waals surface area contributed by atoms with Gasteiger partial charge in [-0.25, -0.2) is 9.67 Å². The molecule has 3 heterocycles. The van der Waals surface area contributed by atoms with Crippen LogP contribution in [0.15, 0.2) is 146 Å². The van der Waals surface area contributed by atoms with Gasteiger partial charge < -0.3 is 19.3 Å². The van der Waals surface area contributed by atoms with Gasteiger partial charge in [-0.2, -0.15) is 5.10 Å². The number of hydrogen-bond acceptors (Lipinski definition) is 6. The number of aromatic nitrogens is 3. The third-order valence-electron chi connectivity index (χ3n) is 9.53. The van der Waals surface area contributed by atoms with Gasteiger partial charge in [0.15, 0.2) is 34.6 Å². The van der Waals surface area contributed by atoms with Crippen molar-refractivity contribution in [2.24, 2.45) is 0 Å². The quantitative estimate of drug-likeness (QED) is 0.143. The average Bonchev–Trinajstić information content (AvgIpc) is 3.62. The van der Waals surface area contributed by atoms with Crippen molar-refractivity contribution in [2.45, 2.75) is 39.2 Å². The molecule has 6 aromatic carbocycles. The number of ether oxygens (including phenoxy) is 2. The molecule has 1 aromatic heterocycles. The highest BCUT2D eigenvalue weighted by molar-refractivity contribution is 5.88. The Bertz CT molecular complexity index is 2240. The first-order chi connectivity index (χ1) is 25.2. The Balaban J connectivity index is 1.05. The molecule has 0 amide bonds. The van der Waals surface area contributed by atoms with Gasteiger partial charge in [0.2, 0.25) is 0 Å². The van der Waals surface area contributed by atoms with E-state index in [1.54, 1.807) is 0 Å². The third kappa shape index (κ3) is 5.66. The Kier molecular flexibility index (Phi) is 7.93. The maximum absolute atomic E-state index is 6.24. The predicted octanol–water partition coefficient (Wildman–Crippen LogP) is 12.3. The number of anilines is 6. The molecule has 0 atom stereocenters. The van der Waals surface area contributed by atoms with E-state index in [4.69, 9.17) is 19.6 Å². The summed E-state index contributed by atoms with van der Waals surface area (Å²) in [5.74, 6) is 4.93. The molecule has 0 unspecified atom stereocenters. The second-order valence-corrected chi connectivity index (χ2v) is 12.9. The fraction of sp³-hybridized carbons (Fsp3) is 0.136. The van der Waals surface area contributed by atoms with E-state index in [1.807, 2.05) is 72.8 Å². The maximum Gasteiger partial charge on any atom is 0.181 e. The van der Waals surface area contributed by atoms with Crippen LogP contribution < -0.4 is 19.3 Å². The number of hydrogen-bond donors (Lipinski definition) is 0. The molecule has 0 radical (unpaired) electrons. The van der Waals surface area contributed by atoms with Crippen molar-refractivity contribution in [1.82, 2.24) is 14.8 Å². The van der Waals surface area contributed by atoms with Crippen LogP contribution in [0.1, 0.15) is 32.6 Å². The Labute approximate surface area is 298 Å². The fourth-order valence-corrected chi connectivity index (χ4v) is 7.01. The highest BCUT2D eigenvalue weighted by Crippen LogP contribution is 2.51. The minimum atomic E-state index is 0.718. The summed E-state index contributed by atoms with van der Waals surface area (Å²) in [4.78, 5) is 9.66. The topological polar surface area (TPSA) is 55.7 Å². The monoisotopic (exact) mass is 667 g/mol. The second-order valence-electron chi connectivity index (χ2n) is 12.9. The molecule has 9 rings (SSSR count). The third-order valence-corrected chi connectivity index (χ3v) is 9.53. The summed E-state index contributed by atoms with van der Waals surface area (Å²) >= 11 is 0. The Morgan fingerprint density at radius 3 is 1.35 bits per heavy atom. The molecule has 7 heteroatoms. The van der Waals surface area contributed by atoms with Gasteiger partial charge in [0.05, 0.1) is 22.7 Å². The number of aryl methyl sites for hydroxylation is 1. The molecule has 0 spiro atoms. The predicted molar refractivity (Wildman–Crippen MR) is 205 cm³/mol. The van der Waals surface area contributed by atoms with Gasteiger partial charge in [0.25, 0.3) is 0 Å². The standard InChI is InChI=1S/C44H37N5O2/c1-2-3-4-13-30-47-44(32-24-28-34(29-25-32)49-37-16-7-11-20-41(37)51-42-21-12-8-17-38(42)49)45-43(46-47)31-22-26-33(27-23-31)48-35-14-5-9-18-39(35)50-40-19-10-6-15-36(40)48/h5-12,14-29H,2-4,13,30H2,1H3. The van der Waals surface area contributed by atoms with Crippen molar-refractivity contribution >= 4 is 34.1 Å². The molecule has 250 valence electrons. The SMILES string of the molecule is CCCCCCn1nc(-c2ccc(N3c4ccccc4Oc4ccccc43)cc2)nc1-c1ccc(N2c3ccccc3Oc3ccccc32)cc1. The molecule has 0 aliphatic carbocycles. The molecule has 2 aliphatic heterocycles. The number of para-hydroxylation sites is 8. The lowest BCUT2D eigenvalue weighted by Gasteiger charge is -2.32. The normalized spacial score (nSPS) is 12.6. The van der Waals surface area contributed by atoms with Crippen LogP contribution in [0.25, 0.3) is 22.8 Å². The zero-order valence-electron chi connectivity index (χ0n) is 28.4. The smallest absolute Gasteiger partial charge is 0.181 e. The summed E-state index contributed by atoms with van der Waals surface area (Å²) in [6.07, 6.45) is 4.62. The lowest BCUT2D eigenvalue weighted by Crippen LogP contribution is -2.15. The van der Waals surface area contributed by atoms with Gasteiger partial charge in [0.1, 0.15) is 0 Å². The number of rotatable bonds is 9. The molecule has 7 nitrogen and oxygen atoms in total. The maximum atomic E-state index is 6.24. The molecule has 7 aromatic rings. The first-order valence-electron chi connectivity index (χ1n) is 17.7. The molecule has 0 N–H and O–H groups in total. The van der Waals surface area contributed by atoms with Gasteiger partial charge in [-0.15, -0.1) is 0 Å². The lowest BCUT2D eigenvalue weighted by atomic mass is 10.1. The minimum Gasteiger partial charge on any atom is -0.453 e. The number of benzene rings is 6. The molecule has 0 saturated carbocycles. The minimum absolute atomic E-state index is 0.718. The van der Waals surface area contributed by atoms with Crippen LogP contribution in [0.4, 0.5) is 34.1 Å². The van der Waals surface area contributed by atoms with Crippen LogP contribution >= 0.6 is 0 Å². The van der Waals surface area contributed by atoms with Crippen LogP contribution in [-0.2, 0) is 6.54 Å². The highest BCUT2D eigenvalue weighted by Gasteiger charge is 2.27. The molecule has 51 heavy (non-hydrogen) atoms. The van der Waals surface area contributed by atoms with Crippen LogP contribution in [0.2, 0.25) is 0 Å². The fourth-order valence-electron chi connectivity index (χ4n) is 7.01. The summed E-state index contributed by atoms with van der Waals surface area (Å²) in [6, 6.07) is 49.8. The van der Waals surface area contributed by atoms with E-state index in [2.05, 4.69) is 94.2 Å². The van der Waals surface area contributed by atoms with Gasteiger partial charge in [-0.05, 0) is 103 Å². The van der Waals surface area contributed by atoms with Crippen molar-refractivity contribution in [3.8, 4) is 45.8 Å². The first kappa shape index (κ1) is 30.7. The zero-order chi connectivity index (χ0) is 34.1. The lowest BCUT2D eigenvalue weighted by molar-refractivity contribution is 0.477. The van der Waals surface area contributed by atoms with Crippen molar-refractivity contribution in [2.75, 3.05) is 9.80 Å². The zero-order valence-corrected chi connectivity index (χ0v) is 28.4. The van der Waals surface area contributed by atoms with Crippen LogP contribution in [0, 0.1) is 0 Å². The second kappa shape index (κ2) is 13.2. The van der Waals surface area contributed by atoms with Crippen LogP contribution in [0.5, 0.6) is 23.0 Å². The number of unbranched alkanes of at least 4 members (excludes halogenated alkanes) is 3.